The van der Waals surface area contributed by atoms with Crippen molar-refractivity contribution in [1.29, 1.82) is 0 Å². The Labute approximate surface area is 117 Å². The van der Waals surface area contributed by atoms with Gasteiger partial charge in [0.05, 0.1) is 29.3 Å². The van der Waals surface area contributed by atoms with Crippen LogP contribution in [0, 0.1) is 0 Å². The number of ether oxygens (including phenoxy) is 1. The summed E-state index contributed by atoms with van der Waals surface area (Å²) in [5.41, 5.74) is 0.488. The first-order chi connectivity index (χ1) is 8.49. The van der Waals surface area contributed by atoms with E-state index in [4.69, 9.17) is 27.9 Å². The SMILES string of the molecule is C[C@@H]1CN(C(=O)c2ccc(Cl)cc2Cl)[C@H](C)CO1. The second kappa shape index (κ2) is 5.47. The number of hydrogen-bond acceptors (Lipinski definition) is 2. The van der Waals surface area contributed by atoms with E-state index < -0.39 is 0 Å². The number of halogens is 2. The van der Waals surface area contributed by atoms with E-state index in [1.54, 1.807) is 23.1 Å². The first-order valence-corrected chi connectivity index (χ1v) is 6.62. The lowest BCUT2D eigenvalue weighted by atomic mass is 10.1. The Morgan fingerprint density at radius 3 is 2.78 bits per heavy atom. The van der Waals surface area contributed by atoms with Gasteiger partial charge in [0.25, 0.3) is 5.91 Å². The highest BCUT2D eigenvalue weighted by atomic mass is 35.5. The highest BCUT2D eigenvalue weighted by Gasteiger charge is 2.29. The van der Waals surface area contributed by atoms with E-state index in [1.807, 2.05) is 13.8 Å². The van der Waals surface area contributed by atoms with Crippen molar-refractivity contribution in [3.8, 4) is 0 Å². The zero-order valence-corrected chi connectivity index (χ0v) is 11.8. The number of nitrogens with zero attached hydrogens (tertiary/aromatic N) is 1. The number of morpholine rings is 1. The summed E-state index contributed by atoms with van der Waals surface area (Å²) < 4.78 is 5.51. The third kappa shape index (κ3) is 2.79. The smallest absolute Gasteiger partial charge is 0.255 e. The molecule has 1 amide bonds. The molecule has 3 nitrogen and oxygen atoms in total. The van der Waals surface area contributed by atoms with Gasteiger partial charge in [-0.3, -0.25) is 4.79 Å². The molecule has 98 valence electrons. The van der Waals surface area contributed by atoms with Gasteiger partial charge in [-0.25, -0.2) is 0 Å². The molecule has 0 N–H and O–H groups in total. The van der Waals surface area contributed by atoms with Crippen LogP contribution < -0.4 is 0 Å². The van der Waals surface area contributed by atoms with Gasteiger partial charge in [-0.05, 0) is 32.0 Å². The van der Waals surface area contributed by atoms with E-state index in [0.29, 0.717) is 28.8 Å². The highest BCUT2D eigenvalue weighted by molar-refractivity contribution is 6.36. The predicted molar refractivity (Wildman–Crippen MR) is 72.4 cm³/mol. The van der Waals surface area contributed by atoms with Crippen molar-refractivity contribution in [2.75, 3.05) is 13.2 Å². The topological polar surface area (TPSA) is 29.5 Å². The Morgan fingerprint density at radius 1 is 1.39 bits per heavy atom. The van der Waals surface area contributed by atoms with Gasteiger partial charge < -0.3 is 9.64 Å². The van der Waals surface area contributed by atoms with Crippen LogP contribution >= 0.6 is 23.2 Å². The van der Waals surface area contributed by atoms with Gasteiger partial charge in [-0.1, -0.05) is 23.2 Å². The summed E-state index contributed by atoms with van der Waals surface area (Å²) in [6, 6.07) is 4.99. The van der Waals surface area contributed by atoms with Crippen LogP contribution in [0.5, 0.6) is 0 Å². The summed E-state index contributed by atoms with van der Waals surface area (Å²) in [5, 5.41) is 0.916. The van der Waals surface area contributed by atoms with Gasteiger partial charge in [0.1, 0.15) is 0 Å². The second-order valence-electron chi connectivity index (χ2n) is 4.57. The van der Waals surface area contributed by atoms with E-state index in [-0.39, 0.29) is 18.1 Å². The lowest BCUT2D eigenvalue weighted by Crippen LogP contribution is -2.50. The molecule has 2 rings (SSSR count). The fraction of sp³-hybridized carbons (Fsp3) is 0.462. The molecule has 1 saturated heterocycles. The standard InChI is InChI=1S/C13H15Cl2NO2/c1-8-7-18-9(2)6-16(8)13(17)11-4-3-10(14)5-12(11)15/h3-5,8-9H,6-7H2,1-2H3/t8-,9-/m1/s1. The van der Waals surface area contributed by atoms with Crippen molar-refractivity contribution in [3.05, 3.63) is 33.8 Å². The monoisotopic (exact) mass is 287 g/mol. The zero-order chi connectivity index (χ0) is 13.3. The molecule has 18 heavy (non-hydrogen) atoms. The number of carbonyl (C=O) groups is 1. The van der Waals surface area contributed by atoms with Crippen molar-refractivity contribution in [3.63, 3.8) is 0 Å². The number of amides is 1. The van der Waals surface area contributed by atoms with Gasteiger partial charge >= 0.3 is 0 Å². The summed E-state index contributed by atoms with van der Waals surface area (Å²) in [5.74, 6) is -0.0701. The molecular formula is C13H15Cl2NO2. The van der Waals surface area contributed by atoms with Gasteiger partial charge in [0, 0.05) is 11.6 Å². The molecule has 0 spiro atoms. The van der Waals surface area contributed by atoms with Crippen LogP contribution in [-0.4, -0.2) is 36.1 Å². The van der Waals surface area contributed by atoms with Crippen LogP contribution in [0.1, 0.15) is 24.2 Å². The molecular weight excluding hydrogens is 273 g/mol. The minimum absolute atomic E-state index is 0.0521. The van der Waals surface area contributed by atoms with Crippen LogP contribution in [0.15, 0.2) is 18.2 Å². The summed E-state index contributed by atoms with van der Waals surface area (Å²) >= 11 is 11.9. The van der Waals surface area contributed by atoms with E-state index in [2.05, 4.69) is 0 Å². The van der Waals surface area contributed by atoms with E-state index in [0.717, 1.165) is 0 Å². The van der Waals surface area contributed by atoms with Crippen LogP contribution in [0.3, 0.4) is 0 Å². The van der Waals surface area contributed by atoms with Gasteiger partial charge in [-0.15, -0.1) is 0 Å². The fourth-order valence-corrected chi connectivity index (χ4v) is 2.49. The summed E-state index contributed by atoms with van der Waals surface area (Å²) in [4.78, 5) is 14.2. The van der Waals surface area contributed by atoms with Crippen molar-refractivity contribution in [2.24, 2.45) is 0 Å². The van der Waals surface area contributed by atoms with Crippen LogP contribution in [0.4, 0.5) is 0 Å². The molecule has 1 fully saturated rings. The average molecular weight is 288 g/mol. The maximum absolute atomic E-state index is 12.4. The third-order valence-electron chi connectivity index (χ3n) is 3.03. The summed E-state index contributed by atoms with van der Waals surface area (Å²) in [6.45, 7) is 5.06. The maximum Gasteiger partial charge on any atom is 0.255 e. The quantitative estimate of drug-likeness (QED) is 0.794. The third-order valence-corrected chi connectivity index (χ3v) is 3.58. The Balaban J connectivity index is 2.24. The van der Waals surface area contributed by atoms with E-state index in [1.165, 1.54) is 0 Å². The molecule has 0 radical (unpaired) electrons. The van der Waals surface area contributed by atoms with Crippen molar-refractivity contribution < 1.29 is 9.53 Å². The summed E-state index contributed by atoms with van der Waals surface area (Å²) in [7, 11) is 0. The molecule has 2 atom stereocenters. The lowest BCUT2D eigenvalue weighted by Gasteiger charge is -2.37. The molecule has 0 saturated carbocycles. The largest absolute Gasteiger partial charge is 0.375 e. The molecule has 0 bridgehead atoms. The number of carbonyl (C=O) groups excluding carboxylic acids is 1. The molecule has 1 aliphatic heterocycles. The van der Waals surface area contributed by atoms with Crippen LogP contribution in [-0.2, 0) is 4.74 Å². The first kappa shape index (κ1) is 13.7. The van der Waals surface area contributed by atoms with E-state index in [9.17, 15) is 4.79 Å². The molecule has 0 aliphatic carbocycles. The first-order valence-electron chi connectivity index (χ1n) is 5.86. The average Bonchev–Trinajstić information content (AvgIpc) is 2.31. The molecule has 1 heterocycles. The Morgan fingerprint density at radius 2 is 2.11 bits per heavy atom. The van der Waals surface area contributed by atoms with Crippen molar-refractivity contribution in [2.45, 2.75) is 26.0 Å². The van der Waals surface area contributed by atoms with Crippen LogP contribution in [0.25, 0.3) is 0 Å². The number of hydrogen-bond donors (Lipinski definition) is 0. The molecule has 0 unspecified atom stereocenters. The molecule has 0 aromatic heterocycles. The van der Waals surface area contributed by atoms with Crippen molar-refractivity contribution >= 4 is 29.1 Å². The Bertz CT molecular complexity index is 464. The maximum atomic E-state index is 12.4. The highest BCUT2D eigenvalue weighted by Crippen LogP contribution is 2.24. The number of rotatable bonds is 1. The summed E-state index contributed by atoms with van der Waals surface area (Å²) in [6.07, 6.45) is 0.0521. The minimum Gasteiger partial charge on any atom is -0.375 e. The fourth-order valence-electron chi connectivity index (χ4n) is 2.00. The normalized spacial score (nSPS) is 24.1. The van der Waals surface area contributed by atoms with E-state index >= 15 is 0 Å². The predicted octanol–water partition coefficient (Wildman–Crippen LogP) is 3.24. The van der Waals surface area contributed by atoms with Crippen molar-refractivity contribution in [1.82, 2.24) is 4.90 Å². The molecule has 1 aromatic rings. The Kier molecular flexibility index (Phi) is 4.15. The minimum atomic E-state index is -0.0701. The Hall–Kier alpha value is -0.770. The number of benzene rings is 1. The zero-order valence-electron chi connectivity index (χ0n) is 10.3. The van der Waals surface area contributed by atoms with Crippen LogP contribution in [0.2, 0.25) is 10.0 Å². The molecule has 5 heteroatoms. The van der Waals surface area contributed by atoms with Gasteiger partial charge in [0.2, 0.25) is 0 Å². The lowest BCUT2D eigenvalue weighted by molar-refractivity contribution is -0.0387. The molecule has 1 aromatic carbocycles. The second-order valence-corrected chi connectivity index (χ2v) is 5.42. The van der Waals surface area contributed by atoms with Gasteiger partial charge in [-0.2, -0.15) is 0 Å². The van der Waals surface area contributed by atoms with Gasteiger partial charge in [0.15, 0.2) is 0 Å². The molecule has 1 aliphatic rings.